The maximum Gasteiger partial charge on any atom is 0.260 e. The fourth-order valence-electron chi connectivity index (χ4n) is 3.37. The molecule has 6 nitrogen and oxygen atoms in total. The van der Waals surface area contributed by atoms with E-state index in [4.69, 9.17) is 9.47 Å². The van der Waals surface area contributed by atoms with Gasteiger partial charge in [-0.2, -0.15) is 0 Å². The Hall–Kier alpha value is -3.09. The molecule has 2 amide bonds. The predicted molar refractivity (Wildman–Crippen MR) is 109 cm³/mol. The summed E-state index contributed by atoms with van der Waals surface area (Å²) in [4.78, 5) is 26.3. The molecule has 0 saturated heterocycles. The summed E-state index contributed by atoms with van der Waals surface area (Å²) in [5.41, 5.74) is 1.96. The lowest BCUT2D eigenvalue weighted by Gasteiger charge is -2.20. The molecule has 0 unspecified atom stereocenters. The standard InChI is InChI=1S/C23H25FN2O4/c24-18-3-7-20(8-4-18)30-15-23(28)26-11-12-29-21-9-1-16(13-17(21)14-26)2-10-22(27)25-19-5-6-19/h1,3-4,7-9,13,19H,2,5-6,10-12,14-15H2,(H,25,27). The maximum absolute atomic E-state index is 13.0. The van der Waals surface area contributed by atoms with Gasteiger partial charge < -0.3 is 19.7 Å². The van der Waals surface area contributed by atoms with Crippen molar-refractivity contribution in [1.29, 1.82) is 0 Å². The summed E-state index contributed by atoms with van der Waals surface area (Å²) in [5.74, 6) is 0.776. The van der Waals surface area contributed by atoms with Crippen molar-refractivity contribution in [2.24, 2.45) is 0 Å². The van der Waals surface area contributed by atoms with Gasteiger partial charge in [0.25, 0.3) is 5.91 Å². The number of fused-ring (bicyclic) bond motifs is 1. The van der Waals surface area contributed by atoms with Crippen LogP contribution in [-0.2, 0) is 22.6 Å². The Balaban J connectivity index is 1.34. The predicted octanol–water partition coefficient (Wildman–Crippen LogP) is 2.84. The van der Waals surface area contributed by atoms with Crippen LogP contribution in [0, 0.1) is 5.82 Å². The van der Waals surface area contributed by atoms with Crippen LogP contribution in [0.4, 0.5) is 4.39 Å². The van der Waals surface area contributed by atoms with Gasteiger partial charge in [-0.05, 0) is 55.2 Å². The molecule has 1 fully saturated rings. The lowest BCUT2D eigenvalue weighted by Crippen LogP contribution is -2.36. The Morgan fingerprint density at radius 3 is 2.73 bits per heavy atom. The third-order valence-corrected chi connectivity index (χ3v) is 5.22. The molecule has 2 aliphatic rings. The number of nitrogens with zero attached hydrogens (tertiary/aromatic N) is 1. The minimum absolute atomic E-state index is 0.0819. The first kappa shape index (κ1) is 20.2. The summed E-state index contributed by atoms with van der Waals surface area (Å²) < 4.78 is 24.3. The van der Waals surface area contributed by atoms with Crippen LogP contribution in [0.1, 0.15) is 30.4 Å². The summed E-state index contributed by atoms with van der Waals surface area (Å²) in [6, 6.07) is 11.8. The average molecular weight is 412 g/mol. The van der Waals surface area contributed by atoms with Gasteiger partial charge in [-0.1, -0.05) is 12.1 Å². The monoisotopic (exact) mass is 412 g/mol. The molecule has 2 aromatic rings. The Morgan fingerprint density at radius 2 is 1.97 bits per heavy atom. The van der Waals surface area contributed by atoms with E-state index in [0.29, 0.717) is 44.3 Å². The van der Waals surface area contributed by atoms with Crippen molar-refractivity contribution in [3.8, 4) is 11.5 Å². The van der Waals surface area contributed by atoms with Crippen molar-refractivity contribution >= 4 is 11.8 Å². The van der Waals surface area contributed by atoms with Gasteiger partial charge in [0.1, 0.15) is 23.9 Å². The van der Waals surface area contributed by atoms with Crippen molar-refractivity contribution in [3.05, 3.63) is 59.4 Å². The first-order valence-electron chi connectivity index (χ1n) is 10.3. The van der Waals surface area contributed by atoms with Crippen LogP contribution in [0.3, 0.4) is 0 Å². The van der Waals surface area contributed by atoms with Gasteiger partial charge in [-0.25, -0.2) is 4.39 Å². The minimum Gasteiger partial charge on any atom is -0.491 e. The highest BCUT2D eigenvalue weighted by Crippen LogP contribution is 2.25. The molecule has 0 bridgehead atoms. The van der Waals surface area contributed by atoms with E-state index in [2.05, 4.69) is 5.32 Å². The zero-order chi connectivity index (χ0) is 20.9. The Morgan fingerprint density at radius 1 is 1.17 bits per heavy atom. The van der Waals surface area contributed by atoms with Gasteiger partial charge in [0.2, 0.25) is 5.91 Å². The lowest BCUT2D eigenvalue weighted by molar-refractivity contribution is -0.134. The number of carbonyl (C=O) groups excluding carboxylic acids is 2. The Kier molecular flexibility index (Phi) is 6.16. The highest BCUT2D eigenvalue weighted by Gasteiger charge is 2.23. The fraction of sp³-hybridized carbons (Fsp3) is 0.391. The molecule has 30 heavy (non-hydrogen) atoms. The molecule has 158 valence electrons. The topological polar surface area (TPSA) is 67.9 Å². The molecule has 0 atom stereocenters. The molecule has 1 aliphatic heterocycles. The van der Waals surface area contributed by atoms with Gasteiger partial charge in [0.15, 0.2) is 6.61 Å². The summed E-state index contributed by atoms with van der Waals surface area (Å²) in [5, 5.41) is 3.00. The molecular formula is C23H25FN2O4. The Labute approximate surface area is 175 Å². The number of amides is 2. The van der Waals surface area contributed by atoms with Crippen molar-refractivity contribution in [1.82, 2.24) is 10.2 Å². The van der Waals surface area contributed by atoms with Crippen LogP contribution < -0.4 is 14.8 Å². The zero-order valence-electron chi connectivity index (χ0n) is 16.7. The van der Waals surface area contributed by atoms with Crippen LogP contribution in [0.25, 0.3) is 0 Å². The number of ether oxygens (including phenoxy) is 2. The number of hydrogen-bond acceptors (Lipinski definition) is 4. The molecule has 1 N–H and O–H groups in total. The largest absolute Gasteiger partial charge is 0.491 e. The van der Waals surface area contributed by atoms with Crippen LogP contribution in [0.15, 0.2) is 42.5 Å². The summed E-state index contributed by atoms with van der Waals surface area (Å²) in [6.07, 6.45) is 3.26. The van der Waals surface area contributed by atoms with Crippen LogP contribution in [0.2, 0.25) is 0 Å². The normalized spacial score (nSPS) is 15.6. The number of rotatable bonds is 7. The molecule has 1 heterocycles. The van der Waals surface area contributed by atoms with Crippen LogP contribution >= 0.6 is 0 Å². The molecule has 7 heteroatoms. The number of benzene rings is 2. The number of carbonyl (C=O) groups is 2. The minimum atomic E-state index is -0.351. The second-order valence-electron chi connectivity index (χ2n) is 7.69. The molecule has 0 radical (unpaired) electrons. The van der Waals surface area contributed by atoms with Gasteiger partial charge in [-0.15, -0.1) is 0 Å². The molecule has 4 rings (SSSR count). The highest BCUT2D eigenvalue weighted by atomic mass is 19.1. The number of hydrogen-bond donors (Lipinski definition) is 1. The summed E-state index contributed by atoms with van der Waals surface area (Å²) in [6.45, 7) is 1.16. The molecule has 1 saturated carbocycles. The number of halogens is 1. The van der Waals surface area contributed by atoms with E-state index in [-0.39, 0.29) is 24.2 Å². The van der Waals surface area contributed by atoms with E-state index in [0.717, 1.165) is 29.7 Å². The van der Waals surface area contributed by atoms with Crippen molar-refractivity contribution in [3.63, 3.8) is 0 Å². The third kappa shape index (κ3) is 5.49. The van der Waals surface area contributed by atoms with E-state index < -0.39 is 0 Å². The van der Waals surface area contributed by atoms with Crippen molar-refractivity contribution in [2.45, 2.75) is 38.3 Å². The average Bonchev–Trinajstić information content (AvgIpc) is 3.57. The van der Waals surface area contributed by atoms with Gasteiger partial charge in [0, 0.05) is 24.6 Å². The maximum atomic E-state index is 13.0. The molecule has 0 aromatic heterocycles. The fourth-order valence-corrected chi connectivity index (χ4v) is 3.37. The van der Waals surface area contributed by atoms with E-state index >= 15 is 0 Å². The van der Waals surface area contributed by atoms with E-state index in [1.54, 1.807) is 4.90 Å². The third-order valence-electron chi connectivity index (χ3n) is 5.22. The molecule has 0 spiro atoms. The zero-order valence-corrected chi connectivity index (χ0v) is 16.7. The first-order chi connectivity index (χ1) is 14.6. The summed E-state index contributed by atoms with van der Waals surface area (Å²) >= 11 is 0. The van der Waals surface area contributed by atoms with Crippen LogP contribution in [0.5, 0.6) is 11.5 Å². The first-order valence-corrected chi connectivity index (χ1v) is 10.3. The molecule has 2 aromatic carbocycles. The van der Waals surface area contributed by atoms with Crippen molar-refractivity contribution in [2.75, 3.05) is 19.8 Å². The second-order valence-corrected chi connectivity index (χ2v) is 7.69. The smallest absolute Gasteiger partial charge is 0.260 e. The van der Waals surface area contributed by atoms with E-state index in [9.17, 15) is 14.0 Å². The SMILES string of the molecule is O=C(CCc1ccc2c(c1)CN(C(=O)COc1ccc(F)cc1)CCO2)NC1CC1. The van der Waals surface area contributed by atoms with E-state index in [1.165, 1.54) is 24.3 Å². The number of nitrogens with one attached hydrogen (secondary N) is 1. The van der Waals surface area contributed by atoms with Gasteiger partial charge >= 0.3 is 0 Å². The summed E-state index contributed by atoms with van der Waals surface area (Å²) in [7, 11) is 0. The lowest BCUT2D eigenvalue weighted by atomic mass is 10.0. The molecule has 1 aliphatic carbocycles. The van der Waals surface area contributed by atoms with Crippen molar-refractivity contribution < 1.29 is 23.5 Å². The van der Waals surface area contributed by atoms with Crippen LogP contribution in [-0.4, -0.2) is 42.5 Å². The highest BCUT2D eigenvalue weighted by molar-refractivity contribution is 5.78. The van der Waals surface area contributed by atoms with E-state index in [1.807, 2.05) is 18.2 Å². The Bertz CT molecular complexity index is 912. The molecular weight excluding hydrogens is 387 g/mol. The second kappa shape index (κ2) is 9.15. The quantitative estimate of drug-likeness (QED) is 0.760. The number of aryl methyl sites for hydroxylation is 1. The van der Waals surface area contributed by atoms with Gasteiger partial charge in [0.05, 0.1) is 6.54 Å². The van der Waals surface area contributed by atoms with Gasteiger partial charge in [-0.3, -0.25) is 9.59 Å².